The van der Waals surface area contributed by atoms with E-state index in [0.29, 0.717) is 0 Å². The van der Waals surface area contributed by atoms with Crippen LogP contribution in [0.1, 0.15) is 0 Å². The van der Waals surface area contributed by atoms with Crippen molar-refractivity contribution in [3.63, 3.8) is 0 Å². The maximum Gasteiger partial charge on any atom is 0.0972 e. The van der Waals surface area contributed by atoms with Crippen molar-refractivity contribution in [2.24, 2.45) is 0 Å². The molecule has 0 saturated heterocycles. The molecule has 0 fully saturated rings. The zero-order valence-electron chi connectivity index (χ0n) is 4.61. The van der Waals surface area contributed by atoms with Crippen LogP contribution in [0.3, 0.4) is 0 Å². The standard InChI is InChI=1S/C6H5NOS/c8-7-3-1-6-5(7)2-4-9-6/h1-4,8H. The molecule has 0 atom stereocenters. The van der Waals surface area contributed by atoms with Gasteiger partial charge in [0.1, 0.15) is 0 Å². The Balaban J connectivity index is 2.99. The van der Waals surface area contributed by atoms with Crippen LogP contribution < -0.4 is 0 Å². The van der Waals surface area contributed by atoms with Crippen molar-refractivity contribution in [2.45, 2.75) is 0 Å². The Kier molecular flexibility index (Phi) is 0.818. The van der Waals surface area contributed by atoms with Gasteiger partial charge >= 0.3 is 0 Å². The molecule has 1 N–H and O–H groups in total. The van der Waals surface area contributed by atoms with Crippen molar-refractivity contribution >= 4 is 21.6 Å². The fourth-order valence-corrected chi connectivity index (χ4v) is 1.61. The number of fused-ring (bicyclic) bond motifs is 1. The van der Waals surface area contributed by atoms with E-state index >= 15 is 0 Å². The van der Waals surface area contributed by atoms with Crippen molar-refractivity contribution in [1.82, 2.24) is 4.73 Å². The molecule has 0 aromatic carbocycles. The van der Waals surface area contributed by atoms with Gasteiger partial charge in [-0.3, -0.25) is 0 Å². The zero-order valence-corrected chi connectivity index (χ0v) is 5.43. The highest BCUT2D eigenvalue weighted by Crippen LogP contribution is 2.19. The van der Waals surface area contributed by atoms with E-state index in [4.69, 9.17) is 5.21 Å². The second kappa shape index (κ2) is 1.51. The molecule has 2 aromatic heterocycles. The van der Waals surface area contributed by atoms with Gasteiger partial charge in [0, 0.05) is 6.20 Å². The van der Waals surface area contributed by atoms with Gasteiger partial charge in [-0.2, -0.15) is 4.73 Å². The highest BCUT2D eigenvalue weighted by Gasteiger charge is 1.97. The first-order chi connectivity index (χ1) is 4.38. The Morgan fingerprint density at radius 2 is 2.33 bits per heavy atom. The lowest BCUT2D eigenvalue weighted by molar-refractivity contribution is 0.200. The van der Waals surface area contributed by atoms with Crippen LogP contribution in [0.5, 0.6) is 0 Å². The van der Waals surface area contributed by atoms with Crippen LogP contribution in [0.2, 0.25) is 0 Å². The van der Waals surface area contributed by atoms with E-state index < -0.39 is 0 Å². The van der Waals surface area contributed by atoms with Crippen LogP contribution in [-0.4, -0.2) is 9.94 Å². The summed E-state index contributed by atoms with van der Waals surface area (Å²) in [6.45, 7) is 0. The third kappa shape index (κ3) is 0.549. The molecular weight excluding hydrogens is 134 g/mol. The van der Waals surface area contributed by atoms with Gasteiger partial charge in [0.2, 0.25) is 0 Å². The molecule has 0 saturated carbocycles. The second-order valence-corrected chi connectivity index (χ2v) is 2.78. The SMILES string of the molecule is On1ccc2sccc21. The highest BCUT2D eigenvalue weighted by atomic mass is 32.1. The molecule has 0 aliphatic heterocycles. The van der Waals surface area contributed by atoms with Gasteiger partial charge in [-0.25, -0.2) is 0 Å². The molecule has 0 amide bonds. The molecule has 46 valence electrons. The van der Waals surface area contributed by atoms with E-state index in [1.807, 2.05) is 17.5 Å². The smallest absolute Gasteiger partial charge is 0.0972 e. The number of nitrogens with zero attached hydrogens (tertiary/aromatic N) is 1. The molecule has 0 aliphatic rings. The molecule has 2 heterocycles. The molecule has 0 unspecified atom stereocenters. The van der Waals surface area contributed by atoms with Crippen LogP contribution in [-0.2, 0) is 0 Å². The van der Waals surface area contributed by atoms with Gasteiger partial charge in [0.25, 0.3) is 0 Å². The molecular formula is C6H5NOS. The van der Waals surface area contributed by atoms with Crippen LogP contribution in [0.15, 0.2) is 23.7 Å². The number of thiophene rings is 1. The molecule has 0 aliphatic carbocycles. The first-order valence-electron chi connectivity index (χ1n) is 2.62. The summed E-state index contributed by atoms with van der Waals surface area (Å²) in [6.07, 6.45) is 1.64. The lowest BCUT2D eigenvalue weighted by Gasteiger charge is -1.85. The summed E-state index contributed by atoms with van der Waals surface area (Å²) < 4.78 is 2.25. The van der Waals surface area contributed by atoms with E-state index in [0.717, 1.165) is 14.9 Å². The summed E-state index contributed by atoms with van der Waals surface area (Å²) >= 11 is 1.63. The average molecular weight is 139 g/mol. The molecule has 2 rings (SSSR count). The average Bonchev–Trinajstić information content (AvgIpc) is 2.35. The van der Waals surface area contributed by atoms with Crippen LogP contribution >= 0.6 is 11.3 Å². The second-order valence-electron chi connectivity index (χ2n) is 1.83. The predicted molar refractivity (Wildman–Crippen MR) is 37.0 cm³/mol. The quantitative estimate of drug-likeness (QED) is 0.554. The molecule has 2 aromatic rings. The van der Waals surface area contributed by atoms with Crippen LogP contribution in [0.4, 0.5) is 0 Å². The van der Waals surface area contributed by atoms with Gasteiger partial charge in [-0.05, 0) is 17.5 Å². The van der Waals surface area contributed by atoms with Crippen molar-refractivity contribution in [3.05, 3.63) is 23.7 Å². The lowest BCUT2D eigenvalue weighted by atomic mass is 10.5. The number of rotatable bonds is 0. The maximum atomic E-state index is 9.02. The third-order valence-corrected chi connectivity index (χ3v) is 2.16. The summed E-state index contributed by atoms with van der Waals surface area (Å²) in [6, 6.07) is 3.78. The first kappa shape index (κ1) is 4.88. The number of hydrogen-bond donors (Lipinski definition) is 1. The van der Waals surface area contributed by atoms with E-state index in [-0.39, 0.29) is 0 Å². The van der Waals surface area contributed by atoms with E-state index in [2.05, 4.69) is 0 Å². The zero-order chi connectivity index (χ0) is 6.27. The van der Waals surface area contributed by atoms with E-state index in [1.54, 1.807) is 17.5 Å². The molecule has 9 heavy (non-hydrogen) atoms. The summed E-state index contributed by atoms with van der Waals surface area (Å²) in [4.78, 5) is 0. The third-order valence-electron chi connectivity index (χ3n) is 1.29. The van der Waals surface area contributed by atoms with Gasteiger partial charge in [-0.1, -0.05) is 0 Å². The van der Waals surface area contributed by atoms with Gasteiger partial charge in [-0.15, -0.1) is 11.3 Å². The molecule has 0 radical (unpaired) electrons. The topological polar surface area (TPSA) is 25.2 Å². The summed E-state index contributed by atoms with van der Waals surface area (Å²) in [5, 5.41) is 11.0. The van der Waals surface area contributed by atoms with Gasteiger partial charge in [0.15, 0.2) is 0 Å². The van der Waals surface area contributed by atoms with Crippen molar-refractivity contribution in [1.29, 1.82) is 0 Å². The largest absolute Gasteiger partial charge is 0.428 e. The van der Waals surface area contributed by atoms with Crippen LogP contribution in [0, 0.1) is 0 Å². The predicted octanol–water partition coefficient (Wildman–Crippen LogP) is 1.94. The Hall–Kier alpha value is -0.960. The van der Waals surface area contributed by atoms with Crippen LogP contribution in [0.25, 0.3) is 10.2 Å². The summed E-state index contributed by atoms with van der Waals surface area (Å²) in [5.41, 5.74) is 0.889. The van der Waals surface area contributed by atoms with Gasteiger partial charge in [0.05, 0.1) is 10.2 Å². The van der Waals surface area contributed by atoms with E-state index in [9.17, 15) is 0 Å². The van der Waals surface area contributed by atoms with E-state index in [1.165, 1.54) is 0 Å². The normalized spacial score (nSPS) is 10.7. The Morgan fingerprint density at radius 3 is 3.11 bits per heavy atom. The molecule has 2 nitrogen and oxygen atoms in total. The minimum Gasteiger partial charge on any atom is -0.428 e. The fraction of sp³-hybridized carbons (Fsp3) is 0. The number of aromatic nitrogens is 1. The highest BCUT2D eigenvalue weighted by molar-refractivity contribution is 7.17. The monoisotopic (exact) mass is 139 g/mol. The fourth-order valence-electron chi connectivity index (χ4n) is 0.847. The molecule has 3 heteroatoms. The first-order valence-corrected chi connectivity index (χ1v) is 3.50. The minimum absolute atomic E-state index is 0.889. The Morgan fingerprint density at radius 1 is 1.44 bits per heavy atom. The molecule has 0 bridgehead atoms. The Bertz CT molecular complexity index is 322. The minimum atomic E-state index is 0.889. The summed E-state index contributed by atoms with van der Waals surface area (Å²) in [7, 11) is 0. The van der Waals surface area contributed by atoms with Crippen molar-refractivity contribution in [3.8, 4) is 0 Å². The molecule has 0 spiro atoms. The maximum absolute atomic E-state index is 9.02. The lowest BCUT2D eigenvalue weighted by Crippen LogP contribution is -1.82. The summed E-state index contributed by atoms with van der Waals surface area (Å²) in [5.74, 6) is 0. The van der Waals surface area contributed by atoms with Crippen molar-refractivity contribution in [2.75, 3.05) is 0 Å². The van der Waals surface area contributed by atoms with Crippen molar-refractivity contribution < 1.29 is 5.21 Å². The Labute approximate surface area is 55.9 Å². The number of hydrogen-bond acceptors (Lipinski definition) is 2. The van der Waals surface area contributed by atoms with Gasteiger partial charge < -0.3 is 5.21 Å².